The molecule has 0 unspecified atom stereocenters. The lowest BCUT2D eigenvalue weighted by molar-refractivity contribution is 0.570. The van der Waals surface area contributed by atoms with Crippen molar-refractivity contribution in [3.63, 3.8) is 0 Å². The molecule has 2 aromatic carbocycles. The summed E-state index contributed by atoms with van der Waals surface area (Å²) in [6.45, 7) is 0. The van der Waals surface area contributed by atoms with Gasteiger partial charge in [0.05, 0.1) is 10.9 Å². The Bertz CT molecular complexity index is 992. The molecule has 0 aliphatic heterocycles. The first-order valence-electron chi connectivity index (χ1n) is 6.16. The van der Waals surface area contributed by atoms with Gasteiger partial charge in [0.1, 0.15) is 5.58 Å². The summed E-state index contributed by atoms with van der Waals surface area (Å²) >= 11 is 0. The minimum atomic E-state index is -0.273. The Kier molecular flexibility index (Phi) is 1.90. The molecular weight excluding hydrogens is 238 g/mol. The van der Waals surface area contributed by atoms with Gasteiger partial charge in [-0.05, 0) is 18.2 Å². The van der Waals surface area contributed by atoms with E-state index >= 15 is 0 Å². The highest BCUT2D eigenvalue weighted by atomic mass is 16.4. The predicted octanol–water partition coefficient (Wildman–Crippen LogP) is 3.44. The predicted molar refractivity (Wildman–Crippen MR) is 76.5 cm³/mol. The lowest BCUT2D eigenvalue weighted by Gasteiger charge is -2.01. The normalized spacial score (nSPS) is 11.6. The van der Waals surface area contributed by atoms with Crippen molar-refractivity contribution in [3.05, 3.63) is 59.0 Å². The molecule has 2 aromatic heterocycles. The molecule has 0 atom stereocenters. The van der Waals surface area contributed by atoms with E-state index in [1.54, 1.807) is 0 Å². The fourth-order valence-electron chi connectivity index (χ4n) is 2.82. The second kappa shape index (κ2) is 3.48. The van der Waals surface area contributed by atoms with Gasteiger partial charge in [-0.1, -0.05) is 30.3 Å². The van der Waals surface area contributed by atoms with E-state index in [0.29, 0.717) is 11.0 Å². The average Bonchev–Trinajstić information content (AvgIpc) is 2.74. The summed E-state index contributed by atoms with van der Waals surface area (Å²) in [5.41, 5.74) is 2.34. The molecule has 4 rings (SSSR count). The highest BCUT2D eigenvalue weighted by Crippen LogP contribution is 2.30. The second-order valence-corrected chi connectivity index (χ2v) is 4.69. The molecule has 0 amide bonds. The van der Waals surface area contributed by atoms with Crippen molar-refractivity contribution in [1.82, 2.24) is 4.57 Å². The van der Waals surface area contributed by atoms with Crippen LogP contribution in [0, 0.1) is 0 Å². The van der Waals surface area contributed by atoms with Crippen LogP contribution in [0.3, 0.4) is 0 Å². The Morgan fingerprint density at radius 1 is 0.947 bits per heavy atom. The summed E-state index contributed by atoms with van der Waals surface area (Å²) in [7, 11) is 1.98. The molecule has 4 aromatic rings. The van der Waals surface area contributed by atoms with E-state index in [4.69, 9.17) is 4.42 Å². The van der Waals surface area contributed by atoms with E-state index < -0.39 is 0 Å². The van der Waals surface area contributed by atoms with E-state index in [0.717, 1.165) is 21.8 Å². The quantitative estimate of drug-likeness (QED) is 0.447. The van der Waals surface area contributed by atoms with Crippen molar-refractivity contribution >= 4 is 32.8 Å². The molecule has 0 spiro atoms. The van der Waals surface area contributed by atoms with Crippen molar-refractivity contribution in [3.8, 4) is 0 Å². The Morgan fingerprint density at radius 2 is 1.63 bits per heavy atom. The van der Waals surface area contributed by atoms with Crippen molar-refractivity contribution in [2.24, 2.45) is 7.05 Å². The van der Waals surface area contributed by atoms with Gasteiger partial charge in [0, 0.05) is 23.3 Å². The topological polar surface area (TPSA) is 35.1 Å². The molecule has 92 valence electrons. The van der Waals surface area contributed by atoms with Gasteiger partial charge >= 0.3 is 5.63 Å². The van der Waals surface area contributed by atoms with Crippen LogP contribution in [0.25, 0.3) is 32.8 Å². The number of rotatable bonds is 0. The van der Waals surface area contributed by atoms with E-state index in [1.165, 1.54) is 0 Å². The van der Waals surface area contributed by atoms with E-state index in [2.05, 4.69) is 4.57 Å². The summed E-state index contributed by atoms with van der Waals surface area (Å²) in [6, 6.07) is 15.5. The van der Waals surface area contributed by atoms with Gasteiger partial charge in [-0.15, -0.1) is 0 Å². The molecule has 3 nitrogen and oxygen atoms in total. The highest BCUT2D eigenvalue weighted by molar-refractivity contribution is 6.15. The van der Waals surface area contributed by atoms with Crippen LogP contribution >= 0.6 is 0 Å². The number of hydrogen-bond acceptors (Lipinski definition) is 2. The van der Waals surface area contributed by atoms with Gasteiger partial charge in [-0.2, -0.15) is 0 Å². The van der Waals surface area contributed by atoms with E-state index in [-0.39, 0.29) is 5.63 Å². The third-order valence-electron chi connectivity index (χ3n) is 3.66. The smallest absolute Gasteiger partial charge is 0.346 e. The number of para-hydroxylation sites is 2. The summed E-state index contributed by atoms with van der Waals surface area (Å²) in [4.78, 5) is 12.2. The first-order chi connectivity index (χ1) is 9.27. The SMILES string of the molecule is Cn1c2ccccc2c2c(=O)oc3ccccc3c21. The number of nitrogens with zero attached hydrogens (tertiary/aromatic N) is 1. The fourth-order valence-corrected chi connectivity index (χ4v) is 2.82. The standard InChI is InChI=1S/C16H11NO2/c1-17-12-8-4-2-6-10(12)14-15(17)11-7-3-5-9-13(11)19-16(14)18/h2-9H,1H3. The lowest BCUT2D eigenvalue weighted by atomic mass is 10.1. The molecule has 0 aliphatic rings. The average molecular weight is 249 g/mol. The van der Waals surface area contributed by atoms with Crippen molar-refractivity contribution in [2.75, 3.05) is 0 Å². The third kappa shape index (κ3) is 1.24. The largest absolute Gasteiger partial charge is 0.422 e. The van der Waals surface area contributed by atoms with Gasteiger partial charge in [-0.3, -0.25) is 0 Å². The van der Waals surface area contributed by atoms with E-state index in [9.17, 15) is 4.79 Å². The summed E-state index contributed by atoms with van der Waals surface area (Å²) < 4.78 is 7.49. The highest BCUT2D eigenvalue weighted by Gasteiger charge is 2.15. The van der Waals surface area contributed by atoms with E-state index in [1.807, 2.05) is 55.6 Å². The molecule has 2 heterocycles. The van der Waals surface area contributed by atoms with Crippen molar-refractivity contribution in [1.29, 1.82) is 0 Å². The molecule has 0 saturated heterocycles. The maximum atomic E-state index is 12.2. The van der Waals surface area contributed by atoms with Crippen molar-refractivity contribution < 1.29 is 4.42 Å². The van der Waals surface area contributed by atoms with Crippen LogP contribution in [-0.2, 0) is 7.05 Å². The molecule has 0 aliphatic carbocycles. The number of aromatic nitrogens is 1. The Balaban J connectivity index is 2.47. The van der Waals surface area contributed by atoms with Crippen LogP contribution in [0.1, 0.15) is 0 Å². The molecule has 3 heteroatoms. The van der Waals surface area contributed by atoms with Gasteiger partial charge < -0.3 is 8.98 Å². The molecular formula is C16H11NO2. The molecule has 0 fully saturated rings. The Morgan fingerprint density at radius 3 is 2.47 bits per heavy atom. The zero-order valence-corrected chi connectivity index (χ0v) is 10.4. The Labute approximate surface area is 108 Å². The third-order valence-corrected chi connectivity index (χ3v) is 3.66. The minimum absolute atomic E-state index is 0.273. The van der Waals surface area contributed by atoms with Gasteiger partial charge in [0.25, 0.3) is 0 Å². The fraction of sp³-hybridized carbons (Fsp3) is 0.0625. The number of aryl methyl sites for hydroxylation is 1. The summed E-state index contributed by atoms with van der Waals surface area (Å²) in [6.07, 6.45) is 0. The Hall–Kier alpha value is -2.55. The maximum Gasteiger partial charge on any atom is 0.346 e. The van der Waals surface area contributed by atoms with Crippen LogP contribution in [0.5, 0.6) is 0 Å². The van der Waals surface area contributed by atoms with Crippen LogP contribution in [-0.4, -0.2) is 4.57 Å². The van der Waals surface area contributed by atoms with Crippen LogP contribution in [0.4, 0.5) is 0 Å². The molecule has 0 radical (unpaired) electrons. The maximum absolute atomic E-state index is 12.2. The number of hydrogen-bond donors (Lipinski definition) is 0. The molecule has 0 N–H and O–H groups in total. The van der Waals surface area contributed by atoms with Crippen molar-refractivity contribution in [2.45, 2.75) is 0 Å². The molecule has 0 bridgehead atoms. The summed E-state index contributed by atoms with van der Waals surface area (Å²) in [5, 5.41) is 2.58. The first kappa shape index (κ1) is 10.4. The van der Waals surface area contributed by atoms with Gasteiger partial charge in [0.2, 0.25) is 0 Å². The van der Waals surface area contributed by atoms with Gasteiger partial charge in [0.15, 0.2) is 0 Å². The zero-order valence-electron chi connectivity index (χ0n) is 10.4. The molecule has 19 heavy (non-hydrogen) atoms. The van der Waals surface area contributed by atoms with Crippen LogP contribution < -0.4 is 5.63 Å². The number of benzene rings is 2. The number of fused-ring (bicyclic) bond motifs is 5. The lowest BCUT2D eigenvalue weighted by Crippen LogP contribution is -1.99. The first-order valence-corrected chi connectivity index (χ1v) is 6.16. The zero-order chi connectivity index (χ0) is 13.0. The van der Waals surface area contributed by atoms with Crippen LogP contribution in [0.15, 0.2) is 57.7 Å². The monoisotopic (exact) mass is 249 g/mol. The minimum Gasteiger partial charge on any atom is -0.422 e. The van der Waals surface area contributed by atoms with Gasteiger partial charge in [-0.25, -0.2) is 4.79 Å². The molecule has 0 saturated carbocycles. The second-order valence-electron chi connectivity index (χ2n) is 4.69. The summed E-state index contributed by atoms with van der Waals surface area (Å²) in [5.74, 6) is 0. The van der Waals surface area contributed by atoms with Crippen LogP contribution in [0.2, 0.25) is 0 Å².